The summed E-state index contributed by atoms with van der Waals surface area (Å²) in [5, 5.41) is 0. The molecule has 1 aromatic heterocycles. The minimum atomic E-state index is -0.135. The molecule has 0 amide bonds. The molecule has 3 rings (SSSR count). The highest BCUT2D eigenvalue weighted by Crippen LogP contribution is 2.39. The van der Waals surface area contributed by atoms with E-state index in [2.05, 4.69) is 34.2 Å². The van der Waals surface area contributed by atoms with Gasteiger partial charge in [-0.05, 0) is 18.4 Å². The fourth-order valence-corrected chi connectivity index (χ4v) is 2.93. The van der Waals surface area contributed by atoms with Crippen LogP contribution in [0.3, 0.4) is 0 Å². The molecule has 0 atom stereocenters. The smallest absolute Gasteiger partial charge is 0.138 e. The van der Waals surface area contributed by atoms with Crippen LogP contribution in [0.4, 0.5) is 0 Å². The van der Waals surface area contributed by atoms with Gasteiger partial charge >= 0.3 is 0 Å². The van der Waals surface area contributed by atoms with Crippen LogP contribution in [-0.4, -0.2) is 23.2 Å². The Morgan fingerprint density at radius 3 is 2.30 bits per heavy atom. The lowest BCUT2D eigenvalue weighted by Gasteiger charge is -2.36. The maximum Gasteiger partial charge on any atom is 0.138 e. The summed E-state index contributed by atoms with van der Waals surface area (Å²) < 4.78 is 5.54. The molecule has 4 heteroatoms. The fraction of sp³-hybridized carbons (Fsp3) is 0.375. The molecule has 104 valence electrons. The molecule has 0 spiro atoms. The van der Waals surface area contributed by atoms with E-state index in [1.165, 1.54) is 5.56 Å². The quantitative estimate of drug-likeness (QED) is 0.813. The van der Waals surface area contributed by atoms with Crippen molar-refractivity contribution in [3.05, 3.63) is 59.7 Å². The van der Waals surface area contributed by atoms with E-state index in [1.807, 2.05) is 18.5 Å². The monoisotopic (exact) mass is 288 g/mol. The number of alkyl halides is 1. The zero-order valence-corrected chi connectivity index (χ0v) is 12.0. The summed E-state index contributed by atoms with van der Waals surface area (Å²) >= 11 is 5.82. The van der Waals surface area contributed by atoms with Gasteiger partial charge in [0.25, 0.3) is 0 Å². The third-order valence-corrected chi connectivity index (χ3v) is 4.27. The second-order valence-electron chi connectivity index (χ2n) is 5.11. The highest BCUT2D eigenvalue weighted by Gasteiger charge is 2.38. The van der Waals surface area contributed by atoms with Crippen LogP contribution in [0.25, 0.3) is 0 Å². The zero-order valence-electron chi connectivity index (χ0n) is 11.3. The second-order valence-corrected chi connectivity index (χ2v) is 5.38. The van der Waals surface area contributed by atoms with Gasteiger partial charge in [0.2, 0.25) is 0 Å². The molecule has 1 aromatic carbocycles. The molecule has 0 N–H and O–H groups in total. The van der Waals surface area contributed by atoms with Crippen molar-refractivity contribution in [1.82, 2.24) is 9.97 Å². The summed E-state index contributed by atoms with van der Waals surface area (Å²) in [4.78, 5) is 9.14. The largest absolute Gasteiger partial charge is 0.381 e. The average molecular weight is 289 g/mol. The molecule has 2 heterocycles. The molecule has 0 unspecified atom stereocenters. The molecular formula is C16H17ClN2O. The lowest BCUT2D eigenvalue weighted by Crippen LogP contribution is -2.36. The van der Waals surface area contributed by atoms with E-state index in [0.717, 1.165) is 37.4 Å². The van der Waals surface area contributed by atoms with E-state index in [-0.39, 0.29) is 5.41 Å². The Balaban J connectivity index is 2.05. The highest BCUT2D eigenvalue weighted by molar-refractivity contribution is 6.17. The molecule has 20 heavy (non-hydrogen) atoms. The van der Waals surface area contributed by atoms with Crippen molar-refractivity contribution in [1.29, 1.82) is 0 Å². The molecular weight excluding hydrogens is 272 g/mol. The Labute approximate surface area is 124 Å². The first-order valence-corrected chi connectivity index (χ1v) is 7.39. The molecule has 1 aliphatic heterocycles. The molecule has 0 radical (unpaired) electrons. The van der Waals surface area contributed by atoms with Gasteiger partial charge < -0.3 is 4.74 Å². The minimum Gasteiger partial charge on any atom is -0.381 e. The molecule has 3 nitrogen and oxygen atoms in total. The number of benzene rings is 1. The molecule has 0 bridgehead atoms. The van der Waals surface area contributed by atoms with Crippen molar-refractivity contribution in [2.45, 2.75) is 24.1 Å². The van der Waals surface area contributed by atoms with Gasteiger partial charge in [0.15, 0.2) is 0 Å². The van der Waals surface area contributed by atoms with Crippen LogP contribution < -0.4 is 0 Å². The summed E-state index contributed by atoms with van der Waals surface area (Å²) in [6, 6.07) is 10.5. The first-order valence-electron chi connectivity index (χ1n) is 6.86. The SMILES string of the molecule is ClCc1cnc(C2(c3ccccc3)CCOCC2)nc1. The lowest BCUT2D eigenvalue weighted by atomic mass is 9.73. The number of hydrogen-bond donors (Lipinski definition) is 0. The van der Waals surface area contributed by atoms with Crippen LogP contribution in [0.5, 0.6) is 0 Å². The summed E-state index contributed by atoms with van der Waals surface area (Å²) in [5.41, 5.74) is 2.08. The molecule has 0 aliphatic carbocycles. The van der Waals surface area contributed by atoms with E-state index in [4.69, 9.17) is 16.3 Å². The van der Waals surface area contributed by atoms with E-state index in [9.17, 15) is 0 Å². The van der Waals surface area contributed by atoms with Gasteiger partial charge in [-0.2, -0.15) is 0 Å². The number of nitrogens with zero attached hydrogens (tertiary/aromatic N) is 2. The maximum atomic E-state index is 5.82. The lowest BCUT2D eigenvalue weighted by molar-refractivity contribution is 0.0604. The van der Waals surface area contributed by atoms with Crippen molar-refractivity contribution in [3.63, 3.8) is 0 Å². The van der Waals surface area contributed by atoms with Gasteiger partial charge in [-0.15, -0.1) is 11.6 Å². The summed E-state index contributed by atoms with van der Waals surface area (Å²) in [5.74, 6) is 1.32. The van der Waals surface area contributed by atoms with Crippen molar-refractivity contribution in [2.24, 2.45) is 0 Å². The average Bonchev–Trinajstić information content (AvgIpc) is 2.56. The van der Waals surface area contributed by atoms with Crippen LogP contribution in [0.1, 0.15) is 29.8 Å². The Kier molecular flexibility index (Phi) is 3.99. The van der Waals surface area contributed by atoms with E-state index in [1.54, 1.807) is 0 Å². The molecule has 1 aliphatic rings. The van der Waals surface area contributed by atoms with Gasteiger partial charge in [-0.25, -0.2) is 9.97 Å². The number of ether oxygens (including phenoxy) is 1. The maximum absolute atomic E-state index is 5.82. The van der Waals surface area contributed by atoms with Gasteiger partial charge in [0.1, 0.15) is 5.82 Å². The minimum absolute atomic E-state index is 0.135. The number of aromatic nitrogens is 2. The summed E-state index contributed by atoms with van der Waals surface area (Å²) in [7, 11) is 0. The Bertz CT molecular complexity index is 550. The number of halogens is 1. The second kappa shape index (κ2) is 5.90. The van der Waals surface area contributed by atoms with Crippen LogP contribution in [0.2, 0.25) is 0 Å². The Morgan fingerprint density at radius 2 is 1.70 bits per heavy atom. The highest BCUT2D eigenvalue weighted by atomic mass is 35.5. The normalized spacial score (nSPS) is 17.9. The van der Waals surface area contributed by atoms with Crippen LogP contribution in [0.15, 0.2) is 42.7 Å². The predicted molar refractivity (Wildman–Crippen MR) is 78.9 cm³/mol. The third-order valence-electron chi connectivity index (χ3n) is 3.96. The van der Waals surface area contributed by atoms with Gasteiger partial charge in [-0.3, -0.25) is 0 Å². The van der Waals surface area contributed by atoms with Crippen molar-refractivity contribution < 1.29 is 4.74 Å². The molecule has 0 saturated carbocycles. The first kappa shape index (κ1) is 13.5. The summed E-state index contributed by atoms with van der Waals surface area (Å²) in [6.07, 6.45) is 5.49. The number of hydrogen-bond acceptors (Lipinski definition) is 3. The first-order chi connectivity index (χ1) is 9.85. The van der Waals surface area contributed by atoms with Gasteiger partial charge in [-0.1, -0.05) is 30.3 Å². The molecule has 1 fully saturated rings. The molecule has 2 aromatic rings. The van der Waals surface area contributed by atoms with Gasteiger partial charge in [0.05, 0.1) is 11.3 Å². The fourth-order valence-electron chi connectivity index (χ4n) is 2.79. The standard InChI is InChI=1S/C16H17ClN2O/c17-10-13-11-18-15(19-12-13)16(6-8-20-9-7-16)14-4-2-1-3-5-14/h1-5,11-12H,6-10H2. The predicted octanol–water partition coefficient (Wildman–Crippen LogP) is 3.31. The molecule has 1 saturated heterocycles. The third kappa shape index (κ3) is 2.43. The summed E-state index contributed by atoms with van der Waals surface area (Å²) in [6.45, 7) is 1.49. The van der Waals surface area contributed by atoms with Crippen LogP contribution in [-0.2, 0) is 16.0 Å². The van der Waals surface area contributed by atoms with E-state index < -0.39 is 0 Å². The van der Waals surface area contributed by atoms with Crippen molar-refractivity contribution in [3.8, 4) is 0 Å². The van der Waals surface area contributed by atoms with Crippen LogP contribution in [0, 0.1) is 0 Å². The van der Waals surface area contributed by atoms with Gasteiger partial charge in [0, 0.05) is 31.2 Å². The zero-order chi connectivity index (χ0) is 13.8. The topological polar surface area (TPSA) is 35.0 Å². The van der Waals surface area contributed by atoms with E-state index >= 15 is 0 Å². The van der Waals surface area contributed by atoms with Crippen LogP contribution >= 0.6 is 11.6 Å². The van der Waals surface area contributed by atoms with Crippen molar-refractivity contribution in [2.75, 3.05) is 13.2 Å². The number of rotatable bonds is 3. The van der Waals surface area contributed by atoms with E-state index in [0.29, 0.717) is 5.88 Å². The Hall–Kier alpha value is -1.45. The van der Waals surface area contributed by atoms with Crippen molar-refractivity contribution >= 4 is 11.6 Å². The Morgan fingerprint density at radius 1 is 1.05 bits per heavy atom.